The standard InChI is InChI=1S/C15H18N2O3/c1-9-3-4-12(20-9)15-16-10-7-13-14(8-11(10)17-15)19-6-2-5-18-13/h7-9,12H,2-6H2,1H3,(H,16,17). The first-order valence-corrected chi connectivity index (χ1v) is 7.24. The minimum Gasteiger partial charge on any atom is -0.489 e. The third-order valence-corrected chi connectivity index (χ3v) is 3.91. The summed E-state index contributed by atoms with van der Waals surface area (Å²) >= 11 is 0. The van der Waals surface area contributed by atoms with Gasteiger partial charge in [-0.15, -0.1) is 0 Å². The van der Waals surface area contributed by atoms with Crippen LogP contribution in [-0.4, -0.2) is 29.3 Å². The highest BCUT2D eigenvalue weighted by molar-refractivity contribution is 5.80. The molecular formula is C15H18N2O3. The van der Waals surface area contributed by atoms with Crippen molar-refractivity contribution in [3.63, 3.8) is 0 Å². The van der Waals surface area contributed by atoms with E-state index in [0.29, 0.717) is 19.3 Å². The fraction of sp³-hybridized carbons (Fsp3) is 0.533. The summed E-state index contributed by atoms with van der Waals surface area (Å²) in [5, 5.41) is 0. The normalized spacial score (nSPS) is 25.9. The van der Waals surface area contributed by atoms with Gasteiger partial charge in [0.25, 0.3) is 0 Å². The fourth-order valence-corrected chi connectivity index (χ4v) is 2.84. The molecule has 0 spiro atoms. The van der Waals surface area contributed by atoms with Gasteiger partial charge in [-0.2, -0.15) is 0 Å². The number of aromatic amines is 1. The van der Waals surface area contributed by atoms with Crippen LogP contribution in [0.1, 0.15) is 38.1 Å². The van der Waals surface area contributed by atoms with Gasteiger partial charge >= 0.3 is 0 Å². The van der Waals surface area contributed by atoms with E-state index in [2.05, 4.69) is 16.9 Å². The minimum atomic E-state index is 0.0824. The Morgan fingerprint density at radius 1 is 1.15 bits per heavy atom. The van der Waals surface area contributed by atoms with E-state index in [1.165, 1.54) is 0 Å². The summed E-state index contributed by atoms with van der Waals surface area (Å²) in [6.07, 6.45) is 3.42. The van der Waals surface area contributed by atoms with Crippen LogP contribution in [0.3, 0.4) is 0 Å². The van der Waals surface area contributed by atoms with Crippen LogP contribution in [0.15, 0.2) is 12.1 Å². The lowest BCUT2D eigenvalue weighted by atomic mass is 10.2. The summed E-state index contributed by atoms with van der Waals surface area (Å²) in [5.41, 5.74) is 1.89. The maximum Gasteiger partial charge on any atom is 0.163 e. The lowest BCUT2D eigenvalue weighted by molar-refractivity contribution is 0.0510. The number of imidazole rings is 1. The Labute approximate surface area is 117 Å². The zero-order valence-corrected chi connectivity index (χ0v) is 11.5. The summed E-state index contributed by atoms with van der Waals surface area (Å²) in [6, 6.07) is 3.93. The number of aromatic nitrogens is 2. The molecule has 0 amide bonds. The number of rotatable bonds is 1. The molecule has 0 bridgehead atoms. The van der Waals surface area contributed by atoms with Crippen LogP contribution >= 0.6 is 0 Å². The van der Waals surface area contributed by atoms with Gasteiger partial charge in [0.2, 0.25) is 0 Å². The smallest absolute Gasteiger partial charge is 0.163 e. The molecule has 0 radical (unpaired) electrons. The number of benzene rings is 1. The maximum atomic E-state index is 5.87. The highest BCUT2D eigenvalue weighted by atomic mass is 16.5. The van der Waals surface area contributed by atoms with Gasteiger partial charge in [0.05, 0.1) is 30.4 Å². The Morgan fingerprint density at radius 3 is 2.70 bits per heavy atom. The van der Waals surface area contributed by atoms with Crippen LogP contribution in [0.4, 0.5) is 0 Å². The fourth-order valence-electron chi connectivity index (χ4n) is 2.84. The third-order valence-electron chi connectivity index (χ3n) is 3.91. The van der Waals surface area contributed by atoms with Crippen LogP contribution in [0.25, 0.3) is 11.0 Å². The maximum absolute atomic E-state index is 5.87. The molecule has 106 valence electrons. The molecular weight excluding hydrogens is 256 g/mol. The Balaban J connectivity index is 1.72. The minimum absolute atomic E-state index is 0.0824. The molecule has 0 aliphatic carbocycles. The van der Waals surface area contributed by atoms with Gasteiger partial charge < -0.3 is 19.2 Å². The van der Waals surface area contributed by atoms with E-state index >= 15 is 0 Å². The predicted molar refractivity (Wildman–Crippen MR) is 74.2 cm³/mol. The number of ether oxygens (including phenoxy) is 3. The molecule has 4 rings (SSSR count). The molecule has 3 heterocycles. The summed E-state index contributed by atoms with van der Waals surface area (Å²) in [6.45, 7) is 3.49. The third kappa shape index (κ3) is 2.02. The van der Waals surface area contributed by atoms with Gasteiger partial charge in [0.15, 0.2) is 11.5 Å². The molecule has 2 aliphatic rings. The average molecular weight is 274 g/mol. The van der Waals surface area contributed by atoms with Crippen molar-refractivity contribution in [1.82, 2.24) is 9.97 Å². The lowest BCUT2D eigenvalue weighted by Crippen LogP contribution is -2.02. The first-order chi connectivity index (χ1) is 9.79. The van der Waals surface area contributed by atoms with Crippen molar-refractivity contribution in [2.45, 2.75) is 38.4 Å². The van der Waals surface area contributed by atoms with Crippen molar-refractivity contribution in [1.29, 1.82) is 0 Å². The number of nitrogens with zero attached hydrogens (tertiary/aromatic N) is 1. The topological polar surface area (TPSA) is 56.4 Å². The van der Waals surface area contributed by atoms with E-state index < -0.39 is 0 Å². The second-order valence-electron chi connectivity index (χ2n) is 5.50. The first-order valence-electron chi connectivity index (χ1n) is 7.24. The van der Waals surface area contributed by atoms with Crippen molar-refractivity contribution in [3.8, 4) is 11.5 Å². The highest BCUT2D eigenvalue weighted by Gasteiger charge is 2.26. The summed E-state index contributed by atoms with van der Waals surface area (Å²) in [5.74, 6) is 2.49. The van der Waals surface area contributed by atoms with E-state index in [-0.39, 0.29) is 6.10 Å². The Kier molecular flexibility index (Phi) is 2.80. The van der Waals surface area contributed by atoms with Crippen LogP contribution in [0.2, 0.25) is 0 Å². The average Bonchev–Trinajstić information content (AvgIpc) is 2.97. The lowest BCUT2D eigenvalue weighted by Gasteiger charge is -2.06. The molecule has 2 atom stereocenters. The molecule has 5 nitrogen and oxygen atoms in total. The Hall–Kier alpha value is -1.75. The molecule has 2 aromatic rings. The van der Waals surface area contributed by atoms with Crippen LogP contribution in [0.5, 0.6) is 11.5 Å². The Morgan fingerprint density at radius 2 is 1.95 bits per heavy atom. The molecule has 2 unspecified atom stereocenters. The molecule has 0 saturated carbocycles. The SMILES string of the molecule is CC1CCC(c2nc3cc4c(cc3[nH]2)OCCCO4)O1. The van der Waals surface area contributed by atoms with Crippen molar-refractivity contribution >= 4 is 11.0 Å². The van der Waals surface area contributed by atoms with Crippen molar-refractivity contribution < 1.29 is 14.2 Å². The predicted octanol–water partition coefficient (Wildman–Crippen LogP) is 2.96. The number of fused-ring (bicyclic) bond motifs is 2. The number of hydrogen-bond acceptors (Lipinski definition) is 4. The van der Waals surface area contributed by atoms with Gasteiger partial charge in [0.1, 0.15) is 11.9 Å². The molecule has 2 aliphatic heterocycles. The molecule has 1 aromatic carbocycles. The monoisotopic (exact) mass is 274 g/mol. The largest absolute Gasteiger partial charge is 0.489 e. The van der Waals surface area contributed by atoms with Crippen LogP contribution < -0.4 is 9.47 Å². The summed E-state index contributed by atoms with van der Waals surface area (Å²) in [4.78, 5) is 8.01. The van der Waals surface area contributed by atoms with Crippen LogP contribution in [-0.2, 0) is 4.74 Å². The first kappa shape index (κ1) is 12.0. The number of hydrogen-bond donors (Lipinski definition) is 1. The summed E-state index contributed by atoms with van der Waals surface area (Å²) < 4.78 is 17.3. The van der Waals surface area contributed by atoms with E-state index in [1.54, 1.807) is 0 Å². The van der Waals surface area contributed by atoms with E-state index in [0.717, 1.165) is 47.6 Å². The quantitative estimate of drug-likeness (QED) is 0.868. The van der Waals surface area contributed by atoms with Gasteiger partial charge in [-0.1, -0.05) is 0 Å². The number of nitrogens with one attached hydrogen (secondary N) is 1. The van der Waals surface area contributed by atoms with E-state index in [4.69, 9.17) is 14.2 Å². The van der Waals surface area contributed by atoms with E-state index in [1.807, 2.05) is 12.1 Å². The van der Waals surface area contributed by atoms with Crippen molar-refractivity contribution in [3.05, 3.63) is 18.0 Å². The Bertz CT molecular complexity index is 594. The van der Waals surface area contributed by atoms with Crippen LogP contribution in [0, 0.1) is 0 Å². The molecule has 1 N–H and O–H groups in total. The zero-order chi connectivity index (χ0) is 13.5. The van der Waals surface area contributed by atoms with Gasteiger partial charge in [-0.05, 0) is 19.8 Å². The molecule has 1 saturated heterocycles. The van der Waals surface area contributed by atoms with Crippen molar-refractivity contribution in [2.75, 3.05) is 13.2 Å². The summed E-state index contributed by atoms with van der Waals surface area (Å²) in [7, 11) is 0. The second-order valence-corrected chi connectivity index (χ2v) is 5.50. The molecule has 5 heteroatoms. The highest BCUT2D eigenvalue weighted by Crippen LogP contribution is 2.36. The van der Waals surface area contributed by atoms with Gasteiger partial charge in [-0.3, -0.25) is 0 Å². The molecule has 1 aromatic heterocycles. The van der Waals surface area contributed by atoms with Gasteiger partial charge in [-0.25, -0.2) is 4.98 Å². The van der Waals surface area contributed by atoms with Gasteiger partial charge in [0, 0.05) is 18.6 Å². The van der Waals surface area contributed by atoms with Crippen molar-refractivity contribution in [2.24, 2.45) is 0 Å². The molecule has 20 heavy (non-hydrogen) atoms. The zero-order valence-electron chi connectivity index (χ0n) is 11.5. The number of H-pyrrole nitrogens is 1. The second kappa shape index (κ2) is 4.66. The van der Waals surface area contributed by atoms with E-state index in [9.17, 15) is 0 Å². The molecule has 1 fully saturated rings.